The van der Waals surface area contributed by atoms with E-state index < -0.39 is 23.0 Å². The predicted octanol–water partition coefficient (Wildman–Crippen LogP) is 2.05. The molecule has 1 saturated heterocycles. The first-order chi connectivity index (χ1) is 7.22. The van der Waals surface area contributed by atoms with Gasteiger partial charge >= 0.3 is 6.09 Å². The summed E-state index contributed by atoms with van der Waals surface area (Å²) in [5, 5.41) is -0.422. The summed E-state index contributed by atoms with van der Waals surface area (Å²) in [5.74, 6) is 0.108. The smallest absolute Gasteiger partial charge is 0.418 e. The first-order valence-corrected chi connectivity index (χ1v) is 5.90. The molecule has 1 rings (SSSR count). The van der Waals surface area contributed by atoms with Crippen molar-refractivity contribution >= 4 is 28.9 Å². The van der Waals surface area contributed by atoms with Gasteiger partial charge in [0.2, 0.25) is 0 Å². The zero-order chi connectivity index (χ0) is 12.5. The van der Waals surface area contributed by atoms with Gasteiger partial charge in [0.05, 0.1) is 0 Å². The number of nitrogens with zero attached hydrogens (tertiary/aromatic N) is 1. The molecule has 5 nitrogen and oxygen atoms in total. The van der Waals surface area contributed by atoms with E-state index in [1.807, 2.05) is 0 Å². The van der Waals surface area contributed by atoms with E-state index in [2.05, 4.69) is 0 Å². The summed E-state index contributed by atoms with van der Waals surface area (Å²) in [6, 6.07) is -0.688. The van der Waals surface area contributed by atoms with E-state index in [0.717, 1.165) is 16.7 Å². The lowest BCUT2D eigenvalue weighted by Crippen LogP contribution is -2.45. The number of carbonyl (C=O) groups is 3. The third-order valence-corrected chi connectivity index (χ3v) is 2.86. The van der Waals surface area contributed by atoms with Crippen LogP contribution in [0.25, 0.3) is 0 Å². The number of Topliss-reactive ketones (excluding diaryl/α,β-unsaturated/α-hetero) is 1. The number of amides is 2. The average Bonchev–Trinajstić information content (AvgIpc) is 2.43. The molecule has 1 aliphatic heterocycles. The van der Waals surface area contributed by atoms with Crippen LogP contribution in [0.1, 0.15) is 27.7 Å². The Morgan fingerprint density at radius 2 is 2.00 bits per heavy atom. The summed E-state index contributed by atoms with van der Waals surface area (Å²) in [6.07, 6.45) is -0.748. The zero-order valence-corrected chi connectivity index (χ0v) is 10.6. The van der Waals surface area contributed by atoms with Gasteiger partial charge in [0.15, 0.2) is 5.78 Å². The lowest BCUT2D eigenvalue weighted by molar-refractivity contribution is -0.120. The molecule has 0 spiro atoms. The minimum atomic E-state index is -0.748. The molecular weight excluding hydrogens is 230 g/mol. The number of imide groups is 1. The van der Waals surface area contributed by atoms with Gasteiger partial charge in [-0.05, 0) is 27.7 Å². The van der Waals surface area contributed by atoms with E-state index >= 15 is 0 Å². The molecule has 0 aromatic rings. The van der Waals surface area contributed by atoms with Crippen molar-refractivity contribution < 1.29 is 19.1 Å². The maximum absolute atomic E-state index is 11.7. The molecule has 1 atom stereocenters. The van der Waals surface area contributed by atoms with Crippen LogP contribution in [-0.2, 0) is 9.53 Å². The van der Waals surface area contributed by atoms with Gasteiger partial charge in [0.25, 0.3) is 5.24 Å². The number of ether oxygens (including phenoxy) is 1. The Labute approximate surface area is 98.5 Å². The van der Waals surface area contributed by atoms with Gasteiger partial charge in [-0.15, -0.1) is 0 Å². The van der Waals surface area contributed by atoms with Gasteiger partial charge in [-0.1, -0.05) is 11.8 Å². The van der Waals surface area contributed by atoms with Crippen LogP contribution in [0.5, 0.6) is 0 Å². The summed E-state index contributed by atoms with van der Waals surface area (Å²) in [6.45, 7) is 6.49. The van der Waals surface area contributed by atoms with E-state index in [9.17, 15) is 14.4 Å². The Balaban J connectivity index is 2.80. The third kappa shape index (κ3) is 2.98. The fourth-order valence-corrected chi connectivity index (χ4v) is 2.26. The number of thioether (sulfide) groups is 1. The highest BCUT2D eigenvalue weighted by atomic mass is 32.2. The van der Waals surface area contributed by atoms with Gasteiger partial charge in [-0.3, -0.25) is 9.59 Å². The lowest BCUT2D eigenvalue weighted by Gasteiger charge is -2.25. The summed E-state index contributed by atoms with van der Waals surface area (Å²) in [7, 11) is 0. The Hall–Kier alpha value is -1.04. The summed E-state index contributed by atoms with van der Waals surface area (Å²) >= 11 is 0.961. The predicted molar refractivity (Wildman–Crippen MR) is 60.4 cm³/mol. The molecule has 0 N–H and O–H groups in total. The Morgan fingerprint density at radius 1 is 1.44 bits per heavy atom. The summed E-state index contributed by atoms with van der Waals surface area (Å²) < 4.78 is 5.07. The van der Waals surface area contributed by atoms with Crippen molar-refractivity contribution in [2.75, 3.05) is 5.75 Å². The van der Waals surface area contributed by atoms with Crippen molar-refractivity contribution in [2.24, 2.45) is 0 Å². The van der Waals surface area contributed by atoms with Crippen molar-refractivity contribution in [1.82, 2.24) is 4.90 Å². The van der Waals surface area contributed by atoms with Crippen LogP contribution in [-0.4, -0.2) is 39.4 Å². The van der Waals surface area contributed by atoms with Crippen molar-refractivity contribution in [2.45, 2.75) is 39.3 Å². The number of hydrogen-bond acceptors (Lipinski definition) is 5. The van der Waals surface area contributed by atoms with E-state index in [-0.39, 0.29) is 5.78 Å². The van der Waals surface area contributed by atoms with Crippen molar-refractivity contribution in [3.05, 3.63) is 0 Å². The Morgan fingerprint density at radius 3 is 2.44 bits per heavy atom. The zero-order valence-electron chi connectivity index (χ0n) is 9.77. The molecule has 16 heavy (non-hydrogen) atoms. The van der Waals surface area contributed by atoms with E-state index in [4.69, 9.17) is 4.74 Å². The Bertz CT molecular complexity index is 334. The van der Waals surface area contributed by atoms with E-state index in [1.54, 1.807) is 20.8 Å². The highest BCUT2D eigenvalue weighted by molar-refractivity contribution is 8.14. The molecule has 1 fully saturated rings. The van der Waals surface area contributed by atoms with Crippen LogP contribution in [0.2, 0.25) is 0 Å². The molecule has 0 aromatic heterocycles. The molecule has 0 saturated carbocycles. The fraction of sp³-hybridized carbons (Fsp3) is 0.700. The largest absolute Gasteiger partial charge is 0.443 e. The number of rotatable bonds is 1. The summed E-state index contributed by atoms with van der Waals surface area (Å²) in [5.41, 5.74) is -0.675. The van der Waals surface area contributed by atoms with Crippen LogP contribution in [0.3, 0.4) is 0 Å². The third-order valence-electron chi connectivity index (χ3n) is 1.93. The van der Waals surface area contributed by atoms with Crippen LogP contribution in [0, 0.1) is 0 Å². The second-order valence-corrected chi connectivity index (χ2v) is 5.52. The van der Waals surface area contributed by atoms with Crippen molar-refractivity contribution in [3.63, 3.8) is 0 Å². The van der Waals surface area contributed by atoms with Gasteiger partial charge < -0.3 is 4.74 Å². The number of ketones is 1. The molecule has 6 heteroatoms. The molecule has 1 heterocycles. The minimum Gasteiger partial charge on any atom is -0.443 e. The van der Waals surface area contributed by atoms with Crippen LogP contribution in [0.4, 0.5) is 9.59 Å². The first-order valence-electron chi connectivity index (χ1n) is 4.92. The van der Waals surface area contributed by atoms with Crippen LogP contribution >= 0.6 is 11.8 Å². The van der Waals surface area contributed by atoms with Gasteiger partial charge in [-0.2, -0.15) is 0 Å². The summed E-state index contributed by atoms with van der Waals surface area (Å²) in [4.78, 5) is 35.3. The van der Waals surface area contributed by atoms with Gasteiger partial charge in [0, 0.05) is 5.75 Å². The van der Waals surface area contributed by atoms with E-state index in [1.165, 1.54) is 6.92 Å². The maximum Gasteiger partial charge on any atom is 0.418 e. The standard InChI is InChI=1S/C10H15NO4S/c1-6(12)7-5-16-9(14)11(7)8(13)15-10(2,3)4/h7H,5H2,1-4H3/t7-/m0/s1. The molecule has 90 valence electrons. The second kappa shape index (κ2) is 4.45. The molecular formula is C10H15NO4S. The highest BCUT2D eigenvalue weighted by Crippen LogP contribution is 2.26. The quantitative estimate of drug-likeness (QED) is 0.707. The highest BCUT2D eigenvalue weighted by Gasteiger charge is 2.41. The molecule has 0 unspecified atom stereocenters. The van der Waals surface area contributed by atoms with Gasteiger partial charge in [0.1, 0.15) is 11.6 Å². The molecule has 2 amide bonds. The minimum absolute atomic E-state index is 0.204. The Kier molecular flexibility index (Phi) is 3.62. The lowest BCUT2D eigenvalue weighted by atomic mass is 10.2. The monoisotopic (exact) mass is 245 g/mol. The molecule has 1 aliphatic rings. The molecule has 0 bridgehead atoms. The van der Waals surface area contributed by atoms with Crippen molar-refractivity contribution in [1.29, 1.82) is 0 Å². The van der Waals surface area contributed by atoms with Gasteiger partial charge in [-0.25, -0.2) is 9.69 Å². The van der Waals surface area contributed by atoms with E-state index in [0.29, 0.717) is 5.75 Å². The SMILES string of the molecule is CC(=O)[C@@H]1CSC(=O)N1C(=O)OC(C)(C)C. The topological polar surface area (TPSA) is 63.7 Å². The second-order valence-electron chi connectivity index (χ2n) is 4.55. The molecule has 0 aliphatic carbocycles. The maximum atomic E-state index is 11.7. The number of carbonyl (C=O) groups excluding carboxylic acids is 3. The van der Waals surface area contributed by atoms with Crippen molar-refractivity contribution in [3.8, 4) is 0 Å². The average molecular weight is 245 g/mol. The fourth-order valence-electron chi connectivity index (χ4n) is 1.23. The first kappa shape index (κ1) is 13.0. The van der Waals surface area contributed by atoms with Crippen LogP contribution < -0.4 is 0 Å². The molecule has 0 radical (unpaired) electrons. The molecule has 0 aromatic carbocycles. The number of hydrogen-bond donors (Lipinski definition) is 0. The van der Waals surface area contributed by atoms with Crippen LogP contribution in [0.15, 0.2) is 0 Å². The normalized spacial score (nSPS) is 21.1.